The number of rotatable bonds is 10. The number of esters is 1. The Hall–Kier alpha value is -6.28. The highest BCUT2D eigenvalue weighted by Crippen LogP contribution is 2.39. The molecule has 6 rings (SSSR count). The van der Waals surface area contributed by atoms with E-state index in [9.17, 15) is 10.1 Å². The number of benzene rings is 3. The van der Waals surface area contributed by atoms with Gasteiger partial charge in [0, 0.05) is 28.6 Å². The molecule has 2 aromatic heterocycles. The lowest BCUT2D eigenvalue weighted by Gasteiger charge is -2.12. The van der Waals surface area contributed by atoms with Gasteiger partial charge in [0.2, 0.25) is 17.7 Å². The predicted octanol–water partition coefficient (Wildman–Crippen LogP) is 7.50. The molecule has 0 radical (unpaired) electrons. The summed E-state index contributed by atoms with van der Waals surface area (Å²) in [5.74, 6) is 1.89. The number of nitrogens with one attached hydrogen (secondary N) is 1. The van der Waals surface area contributed by atoms with Crippen molar-refractivity contribution in [2.45, 2.75) is 25.7 Å². The van der Waals surface area contributed by atoms with E-state index in [-0.39, 0.29) is 17.3 Å². The van der Waals surface area contributed by atoms with Gasteiger partial charge in [0.1, 0.15) is 29.5 Å². The summed E-state index contributed by atoms with van der Waals surface area (Å²) < 4.78 is 21.4. The summed E-state index contributed by atoms with van der Waals surface area (Å²) in [6.45, 7) is 2.02. The third kappa shape index (κ3) is 8.89. The molecule has 0 unspecified atom stereocenters. The Morgan fingerprint density at radius 1 is 0.872 bits per heavy atom. The number of hydrogen-bond donors (Lipinski definition) is 1. The molecule has 0 amide bonds. The molecule has 0 saturated heterocycles. The van der Waals surface area contributed by atoms with E-state index in [1.54, 1.807) is 48.5 Å². The van der Waals surface area contributed by atoms with Gasteiger partial charge in [0.05, 0.1) is 32.1 Å². The Bertz CT molecular complexity index is 1900. The number of ether oxygens (including phenoxy) is 4. The maximum Gasteiger partial charge on any atom is 0.341 e. The van der Waals surface area contributed by atoms with Crippen LogP contribution in [0.2, 0.25) is 0 Å². The molecule has 2 heterocycles. The van der Waals surface area contributed by atoms with Crippen LogP contribution in [-0.2, 0) is 14.3 Å². The summed E-state index contributed by atoms with van der Waals surface area (Å²) in [6, 6.07) is 29.3. The van der Waals surface area contributed by atoms with Crippen LogP contribution >= 0.6 is 0 Å². The van der Waals surface area contributed by atoms with E-state index in [0.717, 1.165) is 11.4 Å². The monoisotopic (exact) mass is 628 g/mol. The largest absolute Gasteiger partial charge is 0.503 e. The molecule has 0 spiro atoms. The summed E-state index contributed by atoms with van der Waals surface area (Å²) in [6.07, 6.45) is 5.08. The van der Waals surface area contributed by atoms with E-state index in [4.69, 9.17) is 18.9 Å². The van der Waals surface area contributed by atoms with E-state index in [2.05, 4.69) is 37.4 Å². The van der Waals surface area contributed by atoms with Crippen molar-refractivity contribution in [1.82, 2.24) is 19.9 Å². The van der Waals surface area contributed by atoms with Crippen LogP contribution in [0.25, 0.3) is 5.57 Å². The lowest BCUT2D eigenvalue weighted by atomic mass is 10.1. The fourth-order valence-electron chi connectivity index (χ4n) is 4.42. The summed E-state index contributed by atoms with van der Waals surface area (Å²) in [5, 5.41) is 12.4. The molecular weight excluding hydrogens is 596 g/mol. The average molecular weight is 629 g/mol. The lowest BCUT2D eigenvalue weighted by molar-refractivity contribution is -0.133. The second kappa shape index (κ2) is 15.6. The van der Waals surface area contributed by atoms with E-state index in [1.165, 1.54) is 51.4 Å². The Balaban J connectivity index is 0.000000214. The third-order valence-corrected chi connectivity index (χ3v) is 6.77. The zero-order valence-electron chi connectivity index (χ0n) is 26.1. The number of nitriles is 1. The molecular formula is C36H32N6O5. The summed E-state index contributed by atoms with van der Waals surface area (Å²) in [7, 11) is 2.71. The third-order valence-electron chi connectivity index (χ3n) is 6.77. The van der Waals surface area contributed by atoms with Gasteiger partial charge < -0.3 is 24.3 Å². The quantitative estimate of drug-likeness (QED) is 0.0933. The zero-order chi connectivity index (χ0) is 33.0. The maximum atomic E-state index is 12.1. The number of carbonyl (C=O) groups is 1. The van der Waals surface area contributed by atoms with Gasteiger partial charge in [0.15, 0.2) is 0 Å². The number of carbonyl (C=O) groups excluding carboxylic acids is 1. The van der Waals surface area contributed by atoms with Gasteiger partial charge >= 0.3 is 5.97 Å². The highest BCUT2D eigenvalue weighted by Gasteiger charge is 2.25. The van der Waals surface area contributed by atoms with Crippen molar-refractivity contribution in [3.05, 3.63) is 126 Å². The zero-order valence-corrected chi connectivity index (χ0v) is 26.1. The summed E-state index contributed by atoms with van der Waals surface area (Å²) in [5.41, 5.74) is 4.25. The van der Waals surface area contributed by atoms with Crippen molar-refractivity contribution in [3.63, 3.8) is 0 Å². The lowest BCUT2D eigenvalue weighted by Crippen LogP contribution is -2.06. The van der Waals surface area contributed by atoms with Crippen LogP contribution < -0.4 is 14.8 Å². The molecule has 1 N–H and O–H groups in total. The summed E-state index contributed by atoms with van der Waals surface area (Å²) >= 11 is 0. The molecule has 11 nitrogen and oxygen atoms in total. The minimum absolute atomic E-state index is 0.184. The highest BCUT2D eigenvalue weighted by molar-refractivity contribution is 6.17. The Morgan fingerprint density at radius 3 is 2.21 bits per heavy atom. The van der Waals surface area contributed by atoms with Gasteiger partial charge in [0.25, 0.3) is 0 Å². The number of methoxy groups -OCH3 is 2. The first-order chi connectivity index (χ1) is 23.0. The van der Waals surface area contributed by atoms with Gasteiger partial charge in [-0.1, -0.05) is 48.5 Å². The molecule has 0 atom stereocenters. The van der Waals surface area contributed by atoms with Crippen molar-refractivity contribution in [1.29, 1.82) is 5.26 Å². The first-order valence-electron chi connectivity index (χ1n) is 14.7. The van der Waals surface area contributed by atoms with Crippen LogP contribution in [0.5, 0.6) is 23.3 Å². The molecule has 11 heteroatoms. The van der Waals surface area contributed by atoms with Crippen molar-refractivity contribution in [2.75, 3.05) is 19.5 Å². The molecule has 1 saturated carbocycles. The minimum atomic E-state index is -0.576. The van der Waals surface area contributed by atoms with E-state index in [1.807, 2.05) is 37.3 Å². The van der Waals surface area contributed by atoms with Gasteiger partial charge in [-0.3, -0.25) is 0 Å². The summed E-state index contributed by atoms with van der Waals surface area (Å²) in [4.78, 5) is 29.2. The maximum absolute atomic E-state index is 12.1. The smallest absolute Gasteiger partial charge is 0.341 e. The van der Waals surface area contributed by atoms with Crippen LogP contribution in [0.4, 0.5) is 11.6 Å². The van der Waals surface area contributed by atoms with Crippen molar-refractivity contribution in [2.24, 2.45) is 0 Å². The predicted molar refractivity (Wildman–Crippen MR) is 175 cm³/mol. The number of anilines is 2. The first-order valence-corrected chi connectivity index (χ1v) is 14.7. The van der Waals surface area contributed by atoms with Gasteiger partial charge in [-0.25, -0.2) is 24.7 Å². The highest BCUT2D eigenvalue weighted by atomic mass is 16.5. The topological polar surface area (TPSA) is 141 Å². The van der Waals surface area contributed by atoms with Crippen LogP contribution in [0, 0.1) is 18.3 Å². The molecule has 1 aliphatic rings. The number of aromatic nitrogens is 4. The fourth-order valence-corrected chi connectivity index (χ4v) is 4.42. The second-order valence-corrected chi connectivity index (χ2v) is 10.3. The van der Waals surface area contributed by atoms with E-state index < -0.39 is 5.97 Å². The Kier molecular flexibility index (Phi) is 10.7. The molecule has 3 aromatic carbocycles. The number of aryl methyl sites for hydroxylation is 1. The van der Waals surface area contributed by atoms with Crippen LogP contribution in [0.15, 0.2) is 104 Å². The SMILES string of the molecule is CO/C=C(/C(=O)OC)c1ccccc1Oc1cc(Oc2ccccc2C#N)ncn1.Cc1cc(C2CC2)nc(Nc2ccccc2)n1. The number of hydrogen-bond acceptors (Lipinski definition) is 11. The molecule has 0 bridgehead atoms. The van der Waals surface area contributed by atoms with Crippen molar-refractivity contribution in [3.8, 4) is 29.3 Å². The van der Waals surface area contributed by atoms with Gasteiger partial charge in [-0.05, 0) is 56.2 Å². The van der Waals surface area contributed by atoms with E-state index >= 15 is 0 Å². The van der Waals surface area contributed by atoms with Crippen molar-refractivity contribution >= 4 is 23.2 Å². The van der Waals surface area contributed by atoms with Gasteiger partial charge in [-0.15, -0.1) is 0 Å². The molecule has 1 aliphatic carbocycles. The minimum Gasteiger partial charge on any atom is -0.503 e. The molecule has 0 aliphatic heterocycles. The number of para-hydroxylation sites is 3. The number of nitrogens with zero attached hydrogens (tertiary/aromatic N) is 5. The van der Waals surface area contributed by atoms with Crippen LogP contribution in [-0.4, -0.2) is 40.1 Å². The first kappa shape index (κ1) is 32.1. The molecule has 236 valence electrons. The van der Waals surface area contributed by atoms with E-state index in [0.29, 0.717) is 34.5 Å². The molecule has 47 heavy (non-hydrogen) atoms. The van der Waals surface area contributed by atoms with Crippen LogP contribution in [0.3, 0.4) is 0 Å². The van der Waals surface area contributed by atoms with Crippen LogP contribution in [0.1, 0.15) is 41.3 Å². The Labute approximate surface area is 272 Å². The van der Waals surface area contributed by atoms with Gasteiger partial charge in [-0.2, -0.15) is 5.26 Å². The standard InChI is InChI=1S/C22H17N3O5.C14H15N3/c1-27-13-17(22(26)28-2)16-8-4-6-10-19(16)30-21-11-20(24-14-25-21)29-18-9-5-3-7-15(18)12-23;1-10-9-13(11-7-8-11)17-14(15-10)16-12-5-3-2-4-6-12/h3-11,13-14H,1-2H3;2-6,9,11H,7-8H2,1H3,(H,15,16,17)/b17-13+;. The average Bonchev–Trinajstić information content (AvgIpc) is 3.94. The normalized spacial score (nSPS) is 12.1. The Morgan fingerprint density at radius 2 is 1.53 bits per heavy atom. The fraction of sp³-hybridized carbons (Fsp3) is 0.167. The van der Waals surface area contributed by atoms with Crippen molar-refractivity contribution < 1.29 is 23.7 Å². The molecule has 5 aromatic rings. The molecule has 1 fully saturated rings. The second-order valence-electron chi connectivity index (χ2n) is 10.3.